The lowest BCUT2D eigenvalue weighted by Gasteiger charge is -2.28. The first-order valence-electron chi connectivity index (χ1n) is 7.09. The quantitative estimate of drug-likeness (QED) is 0.653. The van der Waals surface area contributed by atoms with E-state index in [9.17, 15) is 14.5 Å². The van der Waals surface area contributed by atoms with Crippen molar-refractivity contribution >= 4 is 11.9 Å². The zero-order valence-corrected chi connectivity index (χ0v) is 11.8. The van der Waals surface area contributed by atoms with Gasteiger partial charge < -0.3 is 4.90 Å². The van der Waals surface area contributed by atoms with E-state index in [2.05, 4.69) is 5.29 Å². The molecule has 0 aromatic heterocycles. The molecular formula is C14H16N4O4. The van der Waals surface area contributed by atoms with Crippen molar-refractivity contribution < 1.29 is 14.4 Å². The Morgan fingerprint density at radius 3 is 2.82 bits per heavy atom. The number of hydroxylamine groups is 2. The Balaban J connectivity index is 1.65. The molecule has 2 atom stereocenters. The van der Waals surface area contributed by atoms with Crippen molar-refractivity contribution in [2.45, 2.75) is 31.5 Å². The molecule has 2 bridgehead atoms. The summed E-state index contributed by atoms with van der Waals surface area (Å²) in [5, 5.41) is 3.72. The minimum Gasteiger partial charge on any atom is -0.309 e. The third-order valence-electron chi connectivity index (χ3n) is 3.99. The van der Waals surface area contributed by atoms with Crippen LogP contribution in [0.25, 0.3) is 0 Å². The molecule has 2 heterocycles. The molecule has 2 saturated heterocycles. The van der Waals surface area contributed by atoms with Crippen LogP contribution >= 0.6 is 0 Å². The molecule has 8 heteroatoms. The normalized spacial score (nSPS) is 23.5. The van der Waals surface area contributed by atoms with Gasteiger partial charge in [0.15, 0.2) is 0 Å². The van der Waals surface area contributed by atoms with E-state index in [1.165, 1.54) is 9.96 Å². The summed E-state index contributed by atoms with van der Waals surface area (Å²) in [5.74, 6) is -0.549. The highest BCUT2D eigenvalue weighted by molar-refractivity contribution is 5.88. The minimum absolute atomic E-state index is 0.0653. The molecular weight excluding hydrogens is 288 g/mol. The number of nitrogens with one attached hydrogen (secondary N) is 1. The van der Waals surface area contributed by atoms with Crippen LogP contribution in [0.15, 0.2) is 35.6 Å². The average molecular weight is 304 g/mol. The lowest BCUT2D eigenvalue weighted by Crippen LogP contribution is -2.48. The number of carbonyl (C=O) groups is 2. The summed E-state index contributed by atoms with van der Waals surface area (Å²) >= 11 is 0. The summed E-state index contributed by atoms with van der Waals surface area (Å²) < 4.78 is 0. The molecule has 0 radical (unpaired) electrons. The summed E-state index contributed by atoms with van der Waals surface area (Å²) in [6.45, 7) is 0.717. The van der Waals surface area contributed by atoms with Crippen LogP contribution in [0.4, 0.5) is 4.79 Å². The molecule has 0 spiro atoms. The van der Waals surface area contributed by atoms with Crippen molar-refractivity contribution in [1.29, 1.82) is 0 Å². The van der Waals surface area contributed by atoms with Gasteiger partial charge in [-0.3, -0.25) is 9.63 Å². The van der Waals surface area contributed by atoms with Gasteiger partial charge in [0.05, 0.1) is 11.3 Å². The fourth-order valence-electron chi connectivity index (χ4n) is 2.91. The number of benzene rings is 1. The van der Waals surface area contributed by atoms with Crippen LogP contribution in [0.3, 0.4) is 0 Å². The molecule has 0 saturated carbocycles. The fourth-order valence-corrected chi connectivity index (χ4v) is 2.91. The Morgan fingerprint density at radius 1 is 1.32 bits per heavy atom. The first kappa shape index (κ1) is 14.5. The minimum atomic E-state index is -0.660. The topological polar surface area (TPSA) is 91.3 Å². The SMILES string of the molecule is O=NNC(=O)[C@@H]1CC[C@H]2CN1C(=O)N2OCc1ccccc1. The van der Waals surface area contributed by atoms with Gasteiger partial charge in [0.2, 0.25) is 0 Å². The van der Waals surface area contributed by atoms with Gasteiger partial charge in [0.1, 0.15) is 12.6 Å². The number of fused-ring (bicyclic) bond motifs is 2. The number of nitroso groups, excluding NO2 is 1. The predicted molar refractivity (Wildman–Crippen MR) is 75.9 cm³/mol. The van der Waals surface area contributed by atoms with Gasteiger partial charge in [-0.05, 0) is 18.4 Å². The molecule has 3 amide bonds. The fraction of sp³-hybridized carbons (Fsp3) is 0.429. The summed E-state index contributed by atoms with van der Waals surface area (Å²) in [5.41, 5.74) is 2.83. The van der Waals surface area contributed by atoms with Crippen LogP contribution in [-0.4, -0.2) is 40.5 Å². The molecule has 2 aliphatic rings. The maximum absolute atomic E-state index is 12.4. The Bertz CT molecular complexity index is 579. The molecule has 0 unspecified atom stereocenters. The number of piperidine rings is 1. The second-order valence-electron chi connectivity index (χ2n) is 5.33. The van der Waals surface area contributed by atoms with Crippen LogP contribution in [-0.2, 0) is 16.2 Å². The van der Waals surface area contributed by atoms with Gasteiger partial charge in [-0.2, -0.15) is 5.06 Å². The Morgan fingerprint density at radius 2 is 2.09 bits per heavy atom. The van der Waals surface area contributed by atoms with Gasteiger partial charge in [-0.1, -0.05) is 30.3 Å². The molecule has 0 aliphatic carbocycles. The summed E-state index contributed by atoms with van der Waals surface area (Å²) in [6.07, 6.45) is 1.14. The van der Waals surface area contributed by atoms with E-state index in [-0.39, 0.29) is 12.1 Å². The maximum Gasteiger partial charge on any atom is 0.345 e. The van der Waals surface area contributed by atoms with E-state index in [4.69, 9.17) is 4.84 Å². The molecule has 2 fully saturated rings. The Kier molecular flexibility index (Phi) is 4.01. The van der Waals surface area contributed by atoms with E-state index in [0.29, 0.717) is 26.0 Å². The van der Waals surface area contributed by atoms with Crippen molar-refractivity contribution in [3.05, 3.63) is 40.8 Å². The van der Waals surface area contributed by atoms with Crippen molar-refractivity contribution in [1.82, 2.24) is 15.4 Å². The molecule has 3 rings (SSSR count). The Labute approximate surface area is 126 Å². The van der Waals surface area contributed by atoms with Crippen molar-refractivity contribution in [3.8, 4) is 0 Å². The van der Waals surface area contributed by atoms with Crippen LogP contribution in [0.2, 0.25) is 0 Å². The van der Waals surface area contributed by atoms with E-state index in [0.717, 1.165) is 5.56 Å². The molecule has 1 N–H and O–H groups in total. The monoisotopic (exact) mass is 304 g/mol. The third-order valence-corrected chi connectivity index (χ3v) is 3.99. The van der Waals surface area contributed by atoms with Gasteiger partial charge in [0.25, 0.3) is 5.91 Å². The number of carbonyl (C=O) groups excluding carboxylic acids is 2. The summed E-state index contributed by atoms with van der Waals surface area (Å²) in [7, 11) is 0. The summed E-state index contributed by atoms with van der Waals surface area (Å²) in [4.78, 5) is 41.3. The smallest absolute Gasteiger partial charge is 0.309 e. The lowest BCUT2D eigenvalue weighted by molar-refractivity contribution is -0.140. The predicted octanol–water partition coefficient (Wildman–Crippen LogP) is 1.18. The van der Waals surface area contributed by atoms with Crippen LogP contribution in [0.5, 0.6) is 0 Å². The number of urea groups is 1. The second kappa shape index (κ2) is 6.10. The molecule has 8 nitrogen and oxygen atoms in total. The van der Waals surface area contributed by atoms with E-state index >= 15 is 0 Å². The average Bonchev–Trinajstić information content (AvgIpc) is 2.78. The number of hydrogen-bond donors (Lipinski definition) is 1. The number of hydrogen-bond acceptors (Lipinski definition) is 5. The van der Waals surface area contributed by atoms with Crippen molar-refractivity contribution in [2.75, 3.05) is 6.54 Å². The summed E-state index contributed by atoms with van der Waals surface area (Å²) in [6, 6.07) is 8.48. The highest BCUT2D eigenvalue weighted by Gasteiger charge is 2.47. The largest absolute Gasteiger partial charge is 0.345 e. The zero-order valence-electron chi connectivity index (χ0n) is 11.8. The van der Waals surface area contributed by atoms with Crippen molar-refractivity contribution in [2.24, 2.45) is 5.29 Å². The van der Waals surface area contributed by atoms with Crippen LogP contribution < -0.4 is 5.43 Å². The molecule has 2 aliphatic heterocycles. The lowest BCUT2D eigenvalue weighted by atomic mass is 10.0. The first-order chi connectivity index (χ1) is 10.7. The third kappa shape index (κ3) is 2.64. The highest BCUT2D eigenvalue weighted by atomic mass is 16.7. The van der Waals surface area contributed by atoms with Gasteiger partial charge in [0, 0.05) is 6.54 Å². The maximum atomic E-state index is 12.4. The molecule has 1 aromatic carbocycles. The molecule has 116 valence electrons. The van der Waals surface area contributed by atoms with Crippen LogP contribution in [0.1, 0.15) is 18.4 Å². The van der Waals surface area contributed by atoms with Crippen LogP contribution in [0, 0.1) is 4.91 Å². The van der Waals surface area contributed by atoms with Gasteiger partial charge in [-0.25, -0.2) is 10.2 Å². The van der Waals surface area contributed by atoms with Gasteiger partial charge in [-0.15, -0.1) is 4.91 Å². The van der Waals surface area contributed by atoms with Gasteiger partial charge >= 0.3 is 6.03 Å². The van der Waals surface area contributed by atoms with E-state index < -0.39 is 11.9 Å². The van der Waals surface area contributed by atoms with Crippen molar-refractivity contribution in [3.63, 3.8) is 0 Å². The Hall–Kier alpha value is -2.48. The standard InChI is InChI=1S/C14H16N4O4/c19-13(15-16-21)12-7-6-11-8-17(12)14(20)18(11)22-9-10-4-2-1-3-5-10/h1-5,11-12H,6-9H2,(H,15,19,21)/t11-,12-/m0/s1. The number of amides is 3. The highest BCUT2D eigenvalue weighted by Crippen LogP contribution is 2.30. The zero-order chi connectivity index (χ0) is 15.5. The first-order valence-corrected chi connectivity index (χ1v) is 7.09. The second-order valence-corrected chi connectivity index (χ2v) is 5.33. The molecule has 22 heavy (non-hydrogen) atoms. The van der Waals surface area contributed by atoms with E-state index in [1.807, 2.05) is 35.8 Å². The molecule has 1 aromatic rings. The number of rotatable bonds is 5. The van der Waals surface area contributed by atoms with E-state index in [1.54, 1.807) is 0 Å². The number of nitrogens with zero attached hydrogens (tertiary/aromatic N) is 3.